The number of hydrogen-bond acceptors (Lipinski definition) is 13. The summed E-state index contributed by atoms with van der Waals surface area (Å²) in [4.78, 5) is 67.1. The van der Waals surface area contributed by atoms with E-state index < -0.39 is 11.9 Å². The molecule has 11 rings (SSSR count). The largest absolute Gasteiger partial charge is 0.490 e. The first-order chi connectivity index (χ1) is 35.5. The summed E-state index contributed by atoms with van der Waals surface area (Å²) >= 11 is 1.43. The van der Waals surface area contributed by atoms with Crippen LogP contribution in [-0.2, 0) is 34.3 Å². The fourth-order valence-corrected chi connectivity index (χ4v) is 11.9. The molecule has 0 bridgehead atoms. The third-order valence-corrected chi connectivity index (χ3v) is 16.0. The summed E-state index contributed by atoms with van der Waals surface area (Å²) in [6.45, 7) is 8.51. The van der Waals surface area contributed by atoms with Crippen LogP contribution in [0.15, 0.2) is 91.0 Å². The normalized spacial score (nSPS) is 19.5. The van der Waals surface area contributed by atoms with Crippen molar-refractivity contribution in [3.05, 3.63) is 125 Å². The predicted molar refractivity (Wildman–Crippen MR) is 282 cm³/mol. The smallest absolute Gasteiger partial charge is 0.355 e. The zero-order valence-electron chi connectivity index (χ0n) is 41.1. The second-order valence-electron chi connectivity index (χ2n) is 19.6. The molecule has 0 spiro atoms. The molecule has 1 unspecified atom stereocenters. The number of aromatic carboxylic acids is 1. The highest BCUT2D eigenvalue weighted by Gasteiger charge is 2.33. The summed E-state index contributed by atoms with van der Waals surface area (Å²) in [5.74, 6) is -0.971. The minimum atomic E-state index is -1.11. The van der Waals surface area contributed by atoms with Crippen LogP contribution in [0.5, 0.6) is 5.75 Å². The molecule has 2 saturated heterocycles. The average Bonchev–Trinajstić information content (AvgIpc) is 3.97. The van der Waals surface area contributed by atoms with E-state index in [1.807, 2.05) is 96.3 Å². The van der Waals surface area contributed by atoms with Gasteiger partial charge in [-0.2, -0.15) is 5.10 Å². The molecule has 376 valence electrons. The van der Waals surface area contributed by atoms with Crippen LogP contribution in [-0.4, -0.2) is 112 Å². The predicted octanol–water partition coefficient (Wildman–Crippen LogP) is 8.51. The van der Waals surface area contributed by atoms with E-state index in [2.05, 4.69) is 43.6 Å². The standard InChI is InChI=1S/C56H59N9O7S/c1-34-39(40-20-22-49(58-52(40)55(69)70)65-26-24-35-8-5-10-41(44(35)33-65)53(67)60-56-57-45-11-3-4-13-48(45)73-56)9-6-12-47(34)72-38-17-15-37(16-18-38)71-31-7-25-63-27-29-64(30-28-63)36-14-19-42-46(32-36)62(2)61-51(42)43-21-23-50(66)59-54(43)68/h3-6,8-14,19-20,22,32,37-38,43H,7,15-18,21,23-31,33H2,1-2H3,(H,69,70)(H,57,60,67)(H,59,66,68). The van der Waals surface area contributed by atoms with E-state index in [1.165, 1.54) is 11.3 Å². The van der Waals surface area contributed by atoms with E-state index in [9.17, 15) is 24.3 Å². The number of para-hydroxylation sites is 1. The number of amides is 3. The maximum Gasteiger partial charge on any atom is 0.355 e. The van der Waals surface area contributed by atoms with E-state index >= 15 is 0 Å². The van der Waals surface area contributed by atoms with Crippen LogP contribution in [0, 0.1) is 6.92 Å². The molecule has 0 radical (unpaired) electrons. The Morgan fingerprint density at radius 1 is 0.836 bits per heavy atom. The van der Waals surface area contributed by atoms with Crippen LogP contribution in [0.1, 0.15) is 94.1 Å². The molecule has 4 aromatic carbocycles. The summed E-state index contributed by atoms with van der Waals surface area (Å²) in [5.41, 5.74) is 8.36. The Hall–Kier alpha value is -7.21. The quantitative estimate of drug-likeness (QED) is 0.0697. The topological polar surface area (TPSA) is 184 Å². The Morgan fingerprint density at radius 3 is 2.45 bits per heavy atom. The Labute approximate surface area is 427 Å². The summed E-state index contributed by atoms with van der Waals surface area (Å²) in [5, 5.41) is 22.2. The molecule has 1 atom stereocenters. The Kier molecular flexibility index (Phi) is 13.6. The van der Waals surface area contributed by atoms with Crippen molar-refractivity contribution in [3.63, 3.8) is 0 Å². The van der Waals surface area contributed by atoms with Gasteiger partial charge in [-0.1, -0.05) is 47.7 Å². The van der Waals surface area contributed by atoms with Crippen LogP contribution in [0.2, 0.25) is 0 Å². The number of piperidine rings is 1. The first kappa shape index (κ1) is 48.1. The van der Waals surface area contributed by atoms with Gasteiger partial charge in [0.2, 0.25) is 11.8 Å². The monoisotopic (exact) mass is 1000 g/mol. The van der Waals surface area contributed by atoms with Crippen LogP contribution >= 0.6 is 11.3 Å². The summed E-state index contributed by atoms with van der Waals surface area (Å²) in [6.07, 6.45) is 6.28. The molecule has 16 nitrogen and oxygen atoms in total. The van der Waals surface area contributed by atoms with Crippen molar-refractivity contribution in [2.24, 2.45) is 7.05 Å². The molecule has 1 aliphatic carbocycles. The molecule has 1 saturated carbocycles. The van der Waals surface area contributed by atoms with E-state index in [0.717, 1.165) is 132 Å². The third-order valence-electron chi connectivity index (χ3n) is 15.1. The number of carbonyl (C=O) groups excluding carboxylic acids is 3. The van der Waals surface area contributed by atoms with Crippen molar-refractivity contribution in [3.8, 4) is 16.9 Å². The number of carboxylic acid groups (broad SMARTS) is 1. The lowest BCUT2D eigenvalue weighted by Gasteiger charge is -2.36. The number of aromatic nitrogens is 4. The van der Waals surface area contributed by atoms with E-state index in [1.54, 1.807) is 0 Å². The number of benzene rings is 4. The van der Waals surface area contributed by atoms with Gasteiger partial charge in [0.15, 0.2) is 10.8 Å². The van der Waals surface area contributed by atoms with Crippen molar-refractivity contribution < 1.29 is 33.8 Å². The second kappa shape index (κ2) is 20.7. The number of fused-ring (bicyclic) bond motifs is 3. The van der Waals surface area contributed by atoms with Gasteiger partial charge in [0.25, 0.3) is 5.91 Å². The molecule has 7 aromatic rings. The number of nitrogens with zero attached hydrogens (tertiary/aromatic N) is 7. The van der Waals surface area contributed by atoms with Crippen molar-refractivity contribution in [2.75, 3.05) is 61.0 Å². The van der Waals surface area contributed by atoms with Gasteiger partial charge in [-0.15, -0.1) is 0 Å². The first-order valence-corrected chi connectivity index (χ1v) is 26.3. The van der Waals surface area contributed by atoms with Gasteiger partial charge in [-0.3, -0.25) is 34.6 Å². The fourth-order valence-electron chi connectivity index (χ4n) is 11.1. The highest BCUT2D eigenvalue weighted by Crippen LogP contribution is 2.37. The van der Waals surface area contributed by atoms with Gasteiger partial charge in [-0.25, -0.2) is 14.8 Å². The minimum Gasteiger partial charge on any atom is -0.490 e. The second-order valence-corrected chi connectivity index (χ2v) is 20.7. The Balaban J connectivity index is 0.649. The lowest BCUT2D eigenvalue weighted by Crippen LogP contribution is -2.46. The van der Waals surface area contributed by atoms with Gasteiger partial charge in [0.1, 0.15) is 11.6 Å². The molecule has 73 heavy (non-hydrogen) atoms. The van der Waals surface area contributed by atoms with E-state index in [-0.39, 0.29) is 35.6 Å². The third kappa shape index (κ3) is 10.1. The number of rotatable bonds is 14. The number of ether oxygens (including phenoxy) is 2. The van der Waals surface area contributed by atoms with E-state index in [0.29, 0.717) is 54.4 Å². The molecule has 3 aromatic heterocycles. The fraction of sp³-hybridized carbons (Fsp3) is 0.375. The van der Waals surface area contributed by atoms with Gasteiger partial charge in [0.05, 0.1) is 39.6 Å². The summed E-state index contributed by atoms with van der Waals surface area (Å²) < 4.78 is 15.9. The average molecular weight is 1000 g/mol. The summed E-state index contributed by atoms with van der Waals surface area (Å²) in [7, 11) is 1.91. The number of anilines is 3. The number of thiazole rings is 1. The number of carboxylic acids is 1. The lowest BCUT2D eigenvalue weighted by molar-refractivity contribution is -0.134. The van der Waals surface area contributed by atoms with Gasteiger partial charge < -0.3 is 24.4 Å². The van der Waals surface area contributed by atoms with E-state index in [4.69, 9.17) is 19.6 Å². The minimum absolute atomic E-state index is 0.0330. The number of imide groups is 1. The molecule has 17 heteroatoms. The molecule has 6 heterocycles. The number of pyridine rings is 1. The Morgan fingerprint density at radius 2 is 1.64 bits per heavy atom. The number of aryl methyl sites for hydroxylation is 1. The van der Waals surface area contributed by atoms with Crippen molar-refractivity contribution in [2.45, 2.75) is 83.0 Å². The molecule has 4 aliphatic rings. The molecular weight excluding hydrogens is 943 g/mol. The van der Waals surface area contributed by atoms with Gasteiger partial charge in [-0.05, 0) is 129 Å². The Bertz CT molecular complexity index is 3210. The van der Waals surface area contributed by atoms with Crippen LogP contribution in [0.4, 0.5) is 16.6 Å². The van der Waals surface area contributed by atoms with Crippen molar-refractivity contribution >= 4 is 72.8 Å². The maximum absolute atomic E-state index is 13.7. The highest BCUT2D eigenvalue weighted by molar-refractivity contribution is 7.22. The lowest BCUT2D eigenvalue weighted by atomic mass is 9.93. The highest BCUT2D eigenvalue weighted by atomic mass is 32.1. The van der Waals surface area contributed by atoms with Gasteiger partial charge in [0, 0.05) is 88.1 Å². The molecule has 3 fully saturated rings. The van der Waals surface area contributed by atoms with Crippen LogP contribution < -0.4 is 25.2 Å². The molecular formula is C56H59N9O7S. The van der Waals surface area contributed by atoms with Crippen molar-refractivity contribution in [1.82, 2.24) is 30.0 Å². The molecule has 3 N–H and O–H groups in total. The maximum atomic E-state index is 13.7. The zero-order chi connectivity index (χ0) is 50.2. The molecule has 3 aliphatic heterocycles. The molecule has 3 amide bonds. The number of piperazine rings is 1. The number of hydrogen-bond donors (Lipinski definition) is 3. The number of nitrogens with one attached hydrogen (secondary N) is 2. The zero-order valence-corrected chi connectivity index (χ0v) is 42.0. The SMILES string of the molecule is Cc1c(OC2CCC(OCCCN3CCN(c4ccc5c(C6CCC(=O)NC6=O)nn(C)c5c4)CC3)CC2)cccc1-c1ccc(N2CCc3cccc(C(=O)Nc4nc5ccccc5s4)c3C2)nc1C(=O)O. The van der Waals surface area contributed by atoms with Crippen LogP contribution in [0.3, 0.4) is 0 Å². The van der Waals surface area contributed by atoms with Gasteiger partial charge >= 0.3 is 5.97 Å². The van der Waals surface area contributed by atoms with Crippen LogP contribution in [0.25, 0.3) is 32.2 Å². The number of carbonyl (C=O) groups is 4. The van der Waals surface area contributed by atoms with Crippen molar-refractivity contribution in [1.29, 1.82) is 0 Å². The summed E-state index contributed by atoms with van der Waals surface area (Å²) in [6, 6.07) is 29.4. The first-order valence-electron chi connectivity index (χ1n) is 25.5.